The molecule has 8 nitrogen and oxygen atoms in total. The maximum atomic E-state index is 11.6. The Morgan fingerprint density at radius 3 is 3.00 bits per heavy atom. The molecule has 0 spiro atoms. The lowest BCUT2D eigenvalue weighted by atomic mass is 10.3. The molecule has 8 heteroatoms. The molecule has 3 N–H and O–H groups in total. The zero-order chi connectivity index (χ0) is 12.7. The van der Waals surface area contributed by atoms with Crippen LogP contribution in [0.15, 0.2) is 18.3 Å². The van der Waals surface area contributed by atoms with Crippen molar-refractivity contribution in [1.29, 1.82) is 0 Å². The molecule has 3 rings (SSSR count). The number of nitrogens with two attached hydrogens (primary N) is 1. The molecule has 0 aliphatic carbocycles. The van der Waals surface area contributed by atoms with E-state index in [0.29, 0.717) is 11.3 Å². The molecule has 0 radical (unpaired) electrons. The van der Waals surface area contributed by atoms with Crippen LogP contribution in [0.3, 0.4) is 0 Å². The summed E-state index contributed by atoms with van der Waals surface area (Å²) in [4.78, 5) is 28.2. The molecule has 1 fully saturated rings. The van der Waals surface area contributed by atoms with E-state index in [1.807, 2.05) is 0 Å². The van der Waals surface area contributed by atoms with Gasteiger partial charge >= 0.3 is 6.03 Å². The third-order valence-corrected chi connectivity index (χ3v) is 2.65. The minimum Gasteiger partial charge on any atom is -0.399 e. The van der Waals surface area contributed by atoms with E-state index in [9.17, 15) is 9.59 Å². The fourth-order valence-corrected chi connectivity index (χ4v) is 1.75. The van der Waals surface area contributed by atoms with E-state index in [1.54, 1.807) is 18.3 Å². The first-order valence-corrected chi connectivity index (χ1v) is 5.37. The van der Waals surface area contributed by atoms with Crippen LogP contribution in [0.5, 0.6) is 0 Å². The van der Waals surface area contributed by atoms with Crippen molar-refractivity contribution in [2.24, 2.45) is 0 Å². The first-order chi connectivity index (χ1) is 8.63. The van der Waals surface area contributed by atoms with Crippen molar-refractivity contribution in [3.63, 3.8) is 0 Å². The first kappa shape index (κ1) is 10.5. The zero-order valence-electron chi connectivity index (χ0n) is 9.33. The molecule has 2 aromatic rings. The minimum atomic E-state index is -0.505. The molecule has 0 aromatic carbocycles. The van der Waals surface area contributed by atoms with E-state index in [0.717, 1.165) is 0 Å². The van der Waals surface area contributed by atoms with Gasteiger partial charge < -0.3 is 5.73 Å². The number of hydrogen-bond donors (Lipinski definition) is 2. The van der Waals surface area contributed by atoms with Crippen molar-refractivity contribution in [2.45, 2.75) is 6.42 Å². The Kier molecular flexibility index (Phi) is 2.15. The van der Waals surface area contributed by atoms with Crippen LogP contribution >= 0.6 is 0 Å². The number of imide groups is 1. The van der Waals surface area contributed by atoms with Gasteiger partial charge in [0.05, 0.1) is 0 Å². The molecular formula is C10H10N6O2. The minimum absolute atomic E-state index is 0.240. The predicted octanol–water partition coefficient (Wildman–Crippen LogP) is -0.242. The number of aromatic nitrogens is 3. The van der Waals surface area contributed by atoms with Crippen LogP contribution in [-0.2, 0) is 4.79 Å². The van der Waals surface area contributed by atoms with Gasteiger partial charge in [-0.15, -0.1) is 5.10 Å². The topological polar surface area (TPSA) is 106 Å². The standard InChI is InChI=1S/C10H10N6O2/c11-6-1-4-16-7(5-6)12-9(14-16)15-3-2-8(17)13-10(15)18/h1,4-5H,2-3,11H2,(H,13,17,18). The molecule has 0 atom stereocenters. The van der Waals surface area contributed by atoms with Crippen molar-refractivity contribution in [3.8, 4) is 0 Å². The largest absolute Gasteiger partial charge is 0.399 e. The lowest BCUT2D eigenvalue weighted by molar-refractivity contribution is -0.120. The highest BCUT2D eigenvalue weighted by atomic mass is 16.2. The van der Waals surface area contributed by atoms with E-state index in [2.05, 4.69) is 15.4 Å². The van der Waals surface area contributed by atoms with E-state index < -0.39 is 6.03 Å². The second-order valence-corrected chi connectivity index (χ2v) is 3.93. The quantitative estimate of drug-likeness (QED) is 0.722. The van der Waals surface area contributed by atoms with E-state index in [1.165, 1.54) is 9.42 Å². The molecule has 18 heavy (non-hydrogen) atoms. The van der Waals surface area contributed by atoms with Crippen molar-refractivity contribution >= 4 is 29.2 Å². The summed E-state index contributed by atoms with van der Waals surface area (Å²) in [5.74, 6) is -0.0325. The van der Waals surface area contributed by atoms with Gasteiger partial charge in [-0.2, -0.15) is 4.98 Å². The molecule has 3 amide bonds. The third-order valence-electron chi connectivity index (χ3n) is 2.65. The fraction of sp³-hybridized carbons (Fsp3) is 0.200. The molecule has 0 unspecified atom stereocenters. The van der Waals surface area contributed by atoms with Gasteiger partial charge in [0.1, 0.15) is 0 Å². The van der Waals surface area contributed by atoms with Crippen molar-refractivity contribution in [2.75, 3.05) is 17.2 Å². The highest BCUT2D eigenvalue weighted by Crippen LogP contribution is 2.15. The lowest BCUT2D eigenvalue weighted by Crippen LogP contribution is -2.50. The molecule has 0 bridgehead atoms. The number of carbonyl (C=O) groups is 2. The van der Waals surface area contributed by atoms with Crippen molar-refractivity contribution in [1.82, 2.24) is 19.9 Å². The van der Waals surface area contributed by atoms with Gasteiger partial charge in [-0.1, -0.05) is 0 Å². The van der Waals surface area contributed by atoms with Gasteiger partial charge in [-0.05, 0) is 6.07 Å². The van der Waals surface area contributed by atoms with Crippen molar-refractivity contribution in [3.05, 3.63) is 18.3 Å². The van der Waals surface area contributed by atoms with Gasteiger partial charge in [-0.3, -0.25) is 15.0 Å². The van der Waals surface area contributed by atoms with Gasteiger partial charge in [-0.25, -0.2) is 9.31 Å². The fourth-order valence-electron chi connectivity index (χ4n) is 1.75. The number of anilines is 2. The second-order valence-electron chi connectivity index (χ2n) is 3.93. The number of carbonyl (C=O) groups excluding carboxylic acids is 2. The van der Waals surface area contributed by atoms with Gasteiger partial charge in [0.15, 0.2) is 5.65 Å². The number of pyridine rings is 1. The van der Waals surface area contributed by atoms with Crippen LogP contribution in [0.2, 0.25) is 0 Å². The summed E-state index contributed by atoms with van der Waals surface area (Å²) in [7, 11) is 0. The molecule has 1 saturated heterocycles. The molecular weight excluding hydrogens is 236 g/mol. The van der Waals surface area contributed by atoms with Crippen LogP contribution in [0.25, 0.3) is 5.65 Å². The summed E-state index contributed by atoms with van der Waals surface area (Å²) in [6.45, 7) is 0.275. The number of amides is 3. The summed E-state index contributed by atoms with van der Waals surface area (Å²) in [5.41, 5.74) is 6.76. The molecule has 1 aliphatic heterocycles. The number of nitrogens with one attached hydrogen (secondary N) is 1. The Balaban J connectivity index is 1.99. The SMILES string of the molecule is Nc1ccn2nc(N3CCC(=O)NC3=O)nc2c1. The van der Waals surface area contributed by atoms with Crippen LogP contribution < -0.4 is 16.0 Å². The number of nitrogen functional groups attached to an aromatic ring is 1. The number of nitrogens with zero attached hydrogens (tertiary/aromatic N) is 4. The monoisotopic (exact) mass is 246 g/mol. The van der Waals surface area contributed by atoms with Gasteiger partial charge in [0, 0.05) is 30.9 Å². The normalized spacial score (nSPS) is 16.1. The Hall–Kier alpha value is -2.64. The average molecular weight is 246 g/mol. The molecule has 1 aliphatic rings. The highest BCUT2D eigenvalue weighted by Gasteiger charge is 2.27. The average Bonchev–Trinajstić information content (AvgIpc) is 2.71. The summed E-state index contributed by atoms with van der Waals surface area (Å²) < 4.78 is 1.52. The Bertz CT molecular complexity index is 649. The maximum Gasteiger partial charge on any atom is 0.330 e. The van der Waals surface area contributed by atoms with Crippen LogP contribution in [0, 0.1) is 0 Å². The summed E-state index contributed by atoms with van der Waals surface area (Å²) in [5, 5.41) is 6.37. The summed E-state index contributed by atoms with van der Waals surface area (Å²) in [6.07, 6.45) is 1.90. The Labute approximate surface area is 101 Å². The highest BCUT2D eigenvalue weighted by molar-refractivity contribution is 6.04. The smallest absolute Gasteiger partial charge is 0.330 e. The first-order valence-electron chi connectivity index (χ1n) is 5.37. The Morgan fingerprint density at radius 1 is 1.39 bits per heavy atom. The van der Waals surface area contributed by atoms with E-state index in [4.69, 9.17) is 5.73 Å². The van der Waals surface area contributed by atoms with Gasteiger partial charge in [0.2, 0.25) is 5.91 Å². The van der Waals surface area contributed by atoms with E-state index in [-0.39, 0.29) is 24.8 Å². The number of fused-ring (bicyclic) bond motifs is 1. The molecule has 0 saturated carbocycles. The van der Waals surface area contributed by atoms with Gasteiger partial charge in [0.25, 0.3) is 5.95 Å². The third kappa shape index (κ3) is 1.63. The number of rotatable bonds is 1. The number of urea groups is 1. The molecule has 92 valence electrons. The summed E-state index contributed by atoms with van der Waals surface area (Å²) in [6, 6.07) is 2.84. The van der Waals surface area contributed by atoms with Crippen LogP contribution in [0.1, 0.15) is 6.42 Å². The predicted molar refractivity (Wildman–Crippen MR) is 62.9 cm³/mol. The van der Waals surface area contributed by atoms with Crippen LogP contribution in [0.4, 0.5) is 16.4 Å². The van der Waals surface area contributed by atoms with E-state index >= 15 is 0 Å². The maximum absolute atomic E-state index is 11.6. The molecule has 3 heterocycles. The summed E-state index contributed by atoms with van der Waals surface area (Å²) >= 11 is 0. The molecule has 2 aromatic heterocycles. The Morgan fingerprint density at radius 2 is 2.22 bits per heavy atom. The van der Waals surface area contributed by atoms with Crippen LogP contribution in [-0.4, -0.2) is 33.1 Å². The zero-order valence-corrected chi connectivity index (χ0v) is 9.33. The van der Waals surface area contributed by atoms with Crippen molar-refractivity contribution < 1.29 is 9.59 Å². The second kappa shape index (κ2) is 3.69. The lowest BCUT2D eigenvalue weighted by Gasteiger charge is -2.22. The number of hydrogen-bond acceptors (Lipinski definition) is 5.